The molecule has 2 aromatic heterocycles. The molecule has 0 aliphatic carbocycles. The lowest BCUT2D eigenvalue weighted by molar-refractivity contribution is 0.177. The van der Waals surface area contributed by atoms with E-state index in [0.29, 0.717) is 19.0 Å². The third kappa shape index (κ3) is 2.88. The number of imidazole rings is 1. The number of hydrogen-bond acceptors (Lipinski definition) is 5. The molecule has 0 atom stereocenters. The summed E-state index contributed by atoms with van der Waals surface area (Å²) in [5, 5.41) is 4.56. The lowest BCUT2D eigenvalue weighted by Gasteiger charge is -2.08. The molecule has 0 amide bonds. The van der Waals surface area contributed by atoms with Gasteiger partial charge in [0.2, 0.25) is 0 Å². The average molecular weight is 353 g/mol. The van der Waals surface area contributed by atoms with Gasteiger partial charge in [0.25, 0.3) is 0 Å². The molecule has 0 unspecified atom stereocenters. The van der Waals surface area contributed by atoms with Crippen LogP contribution in [0.4, 0.5) is 0 Å². The summed E-state index contributed by atoms with van der Waals surface area (Å²) in [5.74, 6) is 3.21. The molecule has 26 heavy (non-hydrogen) atoms. The highest BCUT2D eigenvalue weighted by Gasteiger charge is 2.22. The molecule has 0 N–H and O–H groups in total. The second kappa shape index (κ2) is 6.57. The van der Waals surface area contributed by atoms with Gasteiger partial charge in [-0.3, -0.25) is 0 Å². The van der Waals surface area contributed by atoms with Crippen LogP contribution < -0.4 is 4.74 Å². The van der Waals surface area contributed by atoms with Gasteiger partial charge < -0.3 is 14.0 Å². The SMILES string of the molecule is COCc1nc(-c2cn3c(n2)-c2ccc(C)cc2OCC3)n(C(C)C)n1. The van der Waals surface area contributed by atoms with Crippen molar-refractivity contribution in [2.24, 2.45) is 0 Å². The largest absolute Gasteiger partial charge is 0.491 e. The van der Waals surface area contributed by atoms with Gasteiger partial charge in [0.1, 0.15) is 30.5 Å². The van der Waals surface area contributed by atoms with Crippen molar-refractivity contribution in [3.8, 4) is 28.7 Å². The first kappa shape index (κ1) is 16.8. The van der Waals surface area contributed by atoms with Gasteiger partial charge >= 0.3 is 0 Å². The fraction of sp³-hybridized carbons (Fsp3) is 0.421. The van der Waals surface area contributed by atoms with Crippen LogP contribution in [-0.4, -0.2) is 38.0 Å². The smallest absolute Gasteiger partial charge is 0.179 e. The number of hydrogen-bond donors (Lipinski definition) is 0. The number of benzene rings is 1. The molecule has 0 saturated heterocycles. The Labute approximate surface area is 152 Å². The Kier molecular flexibility index (Phi) is 4.24. The van der Waals surface area contributed by atoms with Crippen molar-refractivity contribution in [3.05, 3.63) is 35.8 Å². The minimum atomic E-state index is 0.183. The van der Waals surface area contributed by atoms with Crippen LogP contribution in [0.25, 0.3) is 22.9 Å². The van der Waals surface area contributed by atoms with Crippen molar-refractivity contribution in [2.75, 3.05) is 13.7 Å². The highest BCUT2D eigenvalue weighted by Crippen LogP contribution is 2.34. The summed E-state index contributed by atoms with van der Waals surface area (Å²) in [6.45, 7) is 7.98. The molecule has 3 aromatic rings. The van der Waals surface area contributed by atoms with Gasteiger partial charge in [-0.05, 0) is 38.5 Å². The van der Waals surface area contributed by atoms with E-state index < -0.39 is 0 Å². The van der Waals surface area contributed by atoms with E-state index in [0.717, 1.165) is 35.2 Å². The molecular formula is C19H23N5O2. The van der Waals surface area contributed by atoms with Crippen LogP contribution in [0, 0.1) is 6.92 Å². The van der Waals surface area contributed by atoms with Crippen molar-refractivity contribution in [3.63, 3.8) is 0 Å². The Morgan fingerprint density at radius 2 is 2.08 bits per heavy atom. The summed E-state index contributed by atoms with van der Waals surface area (Å²) in [6.07, 6.45) is 2.03. The normalized spacial score (nSPS) is 13.3. The molecule has 0 saturated carbocycles. The van der Waals surface area contributed by atoms with Crippen molar-refractivity contribution in [1.29, 1.82) is 0 Å². The number of methoxy groups -OCH3 is 1. The standard InChI is InChI=1S/C19H23N5O2/c1-12(2)24-19(21-17(22-24)11-25-4)15-10-23-7-8-26-16-9-13(3)5-6-14(16)18(23)20-15/h5-6,9-10,12H,7-8,11H2,1-4H3. The number of aryl methyl sites for hydroxylation is 1. The molecule has 0 spiro atoms. The van der Waals surface area contributed by atoms with Gasteiger partial charge in [-0.1, -0.05) is 6.07 Å². The topological polar surface area (TPSA) is 67.0 Å². The summed E-state index contributed by atoms with van der Waals surface area (Å²) in [6, 6.07) is 6.40. The van der Waals surface area contributed by atoms with Crippen LogP contribution in [0.5, 0.6) is 5.75 Å². The van der Waals surface area contributed by atoms with Gasteiger partial charge in [-0.2, -0.15) is 5.10 Å². The zero-order valence-electron chi connectivity index (χ0n) is 15.6. The van der Waals surface area contributed by atoms with Gasteiger partial charge in [-0.25, -0.2) is 14.6 Å². The van der Waals surface area contributed by atoms with Crippen LogP contribution in [0.15, 0.2) is 24.4 Å². The van der Waals surface area contributed by atoms with Crippen molar-refractivity contribution in [1.82, 2.24) is 24.3 Å². The first-order valence-electron chi connectivity index (χ1n) is 8.82. The minimum Gasteiger partial charge on any atom is -0.491 e. The summed E-state index contributed by atoms with van der Waals surface area (Å²) < 4.78 is 15.1. The molecule has 3 heterocycles. The van der Waals surface area contributed by atoms with Gasteiger partial charge in [0.05, 0.1) is 12.1 Å². The van der Waals surface area contributed by atoms with Crippen LogP contribution in [0.3, 0.4) is 0 Å². The van der Waals surface area contributed by atoms with Crippen molar-refractivity contribution in [2.45, 2.75) is 40.0 Å². The zero-order chi connectivity index (χ0) is 18.3. The molecular weight excluding hydrogens is 330 g/mol. The third-order valence-electron chi connectivity index (χ3n) is 4.41. The Bertz CT molecular complexity index is 942. The third-order valence-corrected chi connectivity index (χ3v) is 4.41. The Morgan fingerprint density at radius 3 is 2.85 bits per heavy atom. The van der Waals surface area contributed by atoms with Crippen LogP contribution in [0.1, 0.15) is 31.3 Å². The first-order chi connectivity index (χ1) is 12.6. The molecule has 0 radical (unpaired) electrons. The quantitative estimate of drug-likeness (QED) is 0.720. The number of ether oxygens (including phenoxy) is 2. The maximum absolute atomic E-state index is 5.90. The predicted molar refractivity (Wildman–Crippen MR) is 98.0 cm³/mol. The number of rotatable bonds is 4. The molecule has 136 valence electrons. The molecule has 7 heteroatoms. The zero-order valence-corrected chi connectivity index (χ0v) is 15.6. The van der Waals surface area contributed by atoms with E-state index in [1.807, 2.05) is 10.9 Å². The molecule has 1 aliphatic rings. The molecule has 1 aromatic carbocycles. The van der Waals surface area contributed by atoms with Crippen LogP contribution in [-0.2, 0) is 17.9 Å². The van der Waals surface area contributed by atoms with E-state index in [1.165, 1.54) is 5.56 Å². The van der Waals surface area contributed by atoms with Gasteiger partial charge in [0, 0.05) is 19.3 Å². The number of fused-ring (bicyclic) bond motifs is 3. The summed E-state index contributed by atoms with van der Waals surface area (Å²) in [7, 11) is 1.65. The van der Waals surface area contributed by atoms with E-state index >= 15 is 0 Å². The fourth-order valence-corrected chi connectivity index (χ4v) is 3.19. The van der Waals surface area contributed by atoms with E-state index in [-0.39, 0.29) is 6.04 Å². The van der Waals surface area contributed by atoms with E-state index in [4.69, 9.17) is 14.5 Å². The molecule has 0 bridgehead atoms. The van der Waals surface area contributed by atoms with Crippen LogP contribution >= 0.6 is 0 Å². The van der Waals surface area contributed by atoms with Gasteiger partial charge in [0.15, 0.2) is 11.6 Å². The van der Waals surface area contributed by atoms with Crippen LogP contribution in [0.2, 0.25) is 0 Å². The number of nitrogens with zero attached hydrogens (tertiary/aromatic N) is 5. The highest BCUT2D eigenvalue weighted by molar-refractivity contribution is 5.68. The predicted octanol–water partition coefficient (Wildman–Crippen LogP) is 3.24. The van der Waals surface area contributed by atoms with E-state index in [9.17, 15) is 0 Å². The summed E-state index contributed by atoms with van der Waals surface area (Å²) in [5.41, 5.74) is 3.00. The maximum Gasteiger partial charge on any atom is 0.179 e. The fourth-order valence-electron chi connectivity index (χ4n) is 3.19. The Morgan fingerprint density at radius 1 is 1.23 bits per heavy atom. The highest BCUT2D eigenvalue weighted by atomic mass is 16.5. The molecule has 4 rings (SSSR count). The Hall–Kier alpha value is -2.67. The Balaban J connectivity index is 1.83. The summed E-state index contributed by atoms with van der Waals surface area (Å²) in [4.78, 5) is 9.54. The van der Waals surface area contributed by atoms with Crippen molar-refractivity contribution >= 4 is 0 Å². The second-order valence-electron chi connectivity index (χ2n) is 6.81. The average Bonchev–Trinajstić information content (AvgIpc) is 3.16. The lowest BCUT2D eigenvalue weighted by Crippen LogP contribution is -2.06. The first-order valence-corrected chi connectivity index (χ1v) is 8.82. The van der Waals surface area contributed by atoms with E-state index in [1.54, 1.807) is 7.11 Å². The van der Waals surface area contributed by atoms with Gasteiger partial charge in [-0.15, -0.1) is 0 Å². The maximum atomic E-state index is 5.90. The number of aromatic nitrogens is 5. The molecule has 7 nitrogen and oxygen atoms in total. The second-order valence-corrected chi connectivity index (χ2v) is 6.81. The molecule has 1 aliphatic heterocycles. The lowest BCUT2D eigenvalue weighted by atomic mass is 10.1. The summed E-state index contributed by atoms with van der Waals surface area (Å²) >= 11 is 0. The van der Waals surface area contributed by atoms with E-state index in [2.05, 4.69) is 53.6 Å². The van der Waals surface area contributed by atoms with Crippen molar-refractivity contribution < 1.29 is 9.47 Å². The monoisotopic (exact) mass is 353 g/mol. The molecule has 0 fully saturated rings. The minimum absolute atomic E-state index is 0.183.